The maximum Gasteiger partial charge on any atom is 0.227 e. The number of hydrogen-bond acceptors (Lipinski definition) is 2. The molecular formula is C14H19NO2. The van der Waals surface area contributed by atoms with E-state index in [0.717, 1.165) is 18.5 Å². The molecule has 1 unspecified atom stereocenters. The van der Waals surface area contributed by atoms with Crippen LogP contribution in [-0.2, 0) is 11.2 Å². The Balaban J connectivity index is 2.23. The lowest BCUT2D eigenvalue weighted by Gasteiger charge is -2.35. The van der Waals surface area contributed by atoms with E-state index in [1.165, 1.54) is 5.56 Å². The molecule has 1 N–H and O–H groups in total. The van der Waals surface area contributed by atoms with Gasteiger partial charge in [0.2, 0.25) is 5.91 Å². The van der Waals surface area contributed by atoms with Gasteiger partial charge in [-0.2, -0.15) is 0 Å². The first-order valence-corrected chi connectivity index (χ1v) is 6.25. The highest BCUT2D eigenvalue weighted by atomic mass is 16.3. The Labute approximate surface area is 102 Å². The number of para-hydroxylation sites is 1. The average molecular weight is 233 g/mol. The molecule has 0 radical (unpaired) electrons. The molecule has 0 saturated heterocycles. The number of carbonyl (C=O) groups excluding carboxylic acids is 1. The number of fused-ring (bicyclic) bond motifs is 1. The topological polar surface area (TPSA) is 40.5 Å². The second-order valence-corrected chi connectivity index (χ2v) is 4.61. The molecule has 1 aromatic carbocycles. The summed E-state index contributed by atoms with van der Waals surface area (Å²) in [4.78, 5) is 14.0. The van der Waals surface area contributed by atoms with Gasteiger partial charge in [-0.1, -0.05) is 18.2 Å². The SMILES string of the molecule is CC1CCc2ccccc2N1C(=O)CCCO. The van der Waals surface area contributed by atoms with Gasteiger partial charge < -0.3 is 10.0 Å². The number of aliphatic hydroxyl groups is 1. The van der Waals surface area contributed by atoms with Crippen molar-refractivity contribution < 1.29 is 9.90 Å². The summed E-state index contributed by atoms with van der Waals surface area (Å²) in [5.41, 5.74) is 2.30. The van der Waals surface area contributed by atoms with Crippen LogP contribution in [0.5, 0.6) is 0 Å². The molecule has 0 aliphatic carbocycles. The van der Waals surface area contributed by atoms with Gasteiger partial charge in [-0.05, 0) is 37.8 Å². The van der Waals surface area contributed by atoms with Gasteiger partial charge >= 0.3 is 0 Å². The number of hydrogen-bond donors (Lipinski definition) is 1. The first-order valence-electron chi connectivity index (χ1n) is 6.25. The van der Waals surface area contributed by atoms with Gasteiger partial charge in [0.05, 0.1) is 0 Å². The molecule has 0 spiro atoms. The Kier molecular flexibility index (Phi) is 3.79. The summed E-state index contributed by atoms with van der Waals surface area (Å²) in [6, 6.07) is 8.36. The number of aliphatic hydroxyl groups excluding tert-OH is 1. The third kappa shape index (κ3) is 2.50. The van der Waals surface area contributed by atoms with Gasteiger partial charge in [-0.25, -0.2) is 0 Å². The minimum Gasteiger partial charge on any atom is -0.396 e. The van der Waals surface area contributed by atoms with Gasteiger partial charge in [0.15, 0.2) is 0 Å². The zero-order valence-corrected chi connectivity index (χ0v) is 10.2. The lowest BCUT2D eigenvalue weighted by molar-refractivity contribution is -0.119. The van der Waals surface area contributed by atoms with Crippen molar-refractivity contribution >= 4 is 11.6 Å². The van der Waals surface area contributed by atoms with E-state index in [0.29, 0.717) is 12.8 Å². The van der Waals surface area contributed by atoms with Crippen molar-refractivity contribution in [2.24, 2.45) is 0 Å². The predicted molar refractivity (Wildman–Crippen MR) is 68.0 cm³/mol. The molecular weight excluding hydrogens is 214 g/mol. The molecule has 92 valence electrons. The molecule has 0 bridgehead atoms. The van der Waals surface area contributed by atoms with Gasteiger partial charge in [-0.15, -0.1) is 0 Å². The van der Waals surface area contributed by atoms with Crippen LogP contribution in [0, 0.1) is 0 Å². The Bertz CT molecular complexity index is 403. The van der Waals surface area contributed by atoms with Gasteiger partial charge in [-0.3, -0.25) is 4.79 Å². The van der Waals surface area contributed by atoms with Crippen molar-refractivity contribution in [3.8, 4) is 0 Å². The lowest BCUT2D eigenvalue weighted by Crippen LogP contribution is -2.42. The molecule has 1 aliphatic heterocycles. The van der Waals surface area contributed by atoms with E-state index in [2.05, 4.69) is 13.0 Å². The molecule has 3 nitrogen and oxygen atoms in total. The van der Waals surface area contributed by atoms with E-state index >= 15 is 0 Å². The standard InChI is InChI=1S/C14H19NO2/c1-11-8-9-12-5-2-3-6-13(12)15(11)14(17)7-4-10-16/h2-3,5-6,11,16H,4,7-10H2,1H3. The first kappa shape index (κ1) is 12.1. The van der Waals surface area contributed by atoms with Crippen molar-refractivity contribution in [3.63, 3.8) is 0 Å². The molecule has 0 fully saturated rings. The summed E-state index contributed by atoms with van der Waals surface area (Å²) in [5.74, 6) is 0.124. The van der Waals surface area contributed by atoms with E-state index < -0.39 is 0 Å². The van der Waals surface area contributed by atoms with Crippen LogP contribution in [0.15, 0.2) is 24.3 Å². The number of amides is 1. The third-order valence-electron chi connectivity index (χ3n) is 3.34. The minimum atomic E-state index is 0.0790. The van der Waals surface area contributed by atoms with E-state index in [1.54, 1.807) is 0 Å². The smallest absolute Gasteiger partial charge is 0.227 e. The van der Waals surface area contributed by atoms with Crippen LogP contribution in [0.4, 0.5) is 5.69 Å². The summed E-state index contributed by atoms with van der Waals surface area (Å²) >= 11 is 0. The second kappa shape index (κ2) is 5.32. The summed E-state index contributed by atoms with van der Waals surface area (Å²) in [5, 5.41) is 8.80. The van der Waals surface area contributed by atoms with Crippen LogP contribution in [0.25, 0.3) is 0 Å². The Hall–Kier alpha value is -1.35. The van der Waals surface area contributed by atoms with Crippen LogP contribution in [-0.4, -0.2) is 23.7 Å². The Morgan fingerprint density at radius 2 is 2.24 bits per heavy atom. The Morgan fingerprint density at radius 1 is 1.47 bits per heavy atom. The van der Waals surface area contributed by atoms with Gasteiger partial charge in [0, 0.05) is 24.8 Å². The molecule has 1 aliphatic rings. The van der Waals surface area contributed by atoms with Crippen molar-refractivity contribution in [2.45, 2.75) is 38.6 Å². The summed E-state index contributed by atoms with van der Waals surface area (Å²) in [7, 11) is 0. The largest absolute Gasteiger partial charge is 0.396 e. The van der Waals surface area contributed by atoms with Crippen molar-refractivity contribution in [3.05, 3.63) is 29.8 Å². The Morgan fingerprint density at radius 3 is 3.00 bits per heavy atom. The minimum absolute atomic E-state index is 0.0790. The van der Waals surface area contributed by atoms with Gasteiger partial charge in [0.25, 0.3) is 0 Å². The molecule has 1 heterocycles. The van der Waals surface area contributed by atoms with Crippen molar-refractivity contribution in [1.82, 2.24) is 0 Å². The molecule has 1 aromatic rings. The van der Waals surface area contributed by atoms with Crippen molar-refractivity contribution in [1.29, 1.82) is 0 Å². The van der Waals surface area contributed by atoms with E-state index in [-0.39, 0.29) is 18.6 Å². The molecule has 1 amide bonds. The van der Waals surface area contributed by atoms with Crippen LogP contribution in [0.2, 0.25) is 0 Å². The summed E-state index contributed by atoms with van der Waals surface area (Å²) < 4.78 is 0. The van der Waals surface area contributed by atoms with Crippen LogP contribution >= 0.6 is 0 Å². The number of benzene rings is 1. The van der Waals surface area contributed by atoms with Crippen LogP contribution in [0.3, 0.4) is 0 Å². The monoisotopic (exact) mass is 233 g/mol. The zero-order valence-electron chi connectivity index (χ0n) is 10.2. The molecule has 2 rings (SSSR count). The second-order valence-electron chi connectivity index (χ2n) is 4.61. The molecule has 0 aromatic heterocycles. The molecule has 0 saturated carbocycles. The highest BCUT2D eigenvalue weighted by molar-refractivity contribution is 5.95. The molecule has 3 heteroatoms. The third-order valence-corrected chi connectivity index (χ3v) is 3.34. The highest BCUT2D eigenvalue weighted by Crippen LogP contribution is 2.30. The molecule has 1 atom stereocenters. The fourth-order valence-electron chi connectivity index (χ4n) is 2.42. The normalized spacial score (nSPS) is 18.9. The first-order chi connectivity index (χ1) is 8.24. The number of aryl methyl sites for hydroxylation is 1. The predicted octanol–water partition coefficient (Wildman–Crippen LogP) is 2.13. The van der Waals surface area contributed by atoms with Crippen LogP contribution in [0.1, 0.15) is 31.7 Å². The maximum atomic E-state index is 12.1. The highest BCUT2D eigenvalue weighted by Gasteiger charge is 2.27. The van der Waals surface area contributed by atoms with E-state index in [9.17, 15) is 4.79 Å². The number of anilines is 1. The summed E-state index contributed by atoms with van der Waals surface area (Å²) in [6.07, 6.45) is 3.03. The fraction of sp³-hybridized carbons (Fsp3) is 0.500. The molecule has 17 heavy (non-hydrogen) atoms. The lowest BCUT2D eigenvalue weighted by atomic mass is 9.96. The van der Waals surface area contributed by atoms with E-state index in [4.69, 9.17) is 5.11 Å². The summed E-state index contributed by atoms with van der Waals surface area (Å²) in [6.45, 7) is 2.17. The van der Waals surface area contributed by atoms with Crippen LogP contribution < -0.4 is 4.90 Å². The maximum absolute atomic E-state index is 12.1. The zero-order chi connectivity index (χ0) is 12.3. The number of nitrogens with zero attached hydrogens (tertiary/aromatic N) is 1. The fourth-order valence-corrected chi connectivity index (χ4v) is 2.42. The van der Waals surface area contributed by atoms with Crippen molar-refractivity contribution in [2.75, 3.05) is 11.5 Å². The quantitative estimate of drug-likeness (QED) is 0.868. The van der Waals surface area contributed by atoms with E-state index in [1.807, 2.05) is 23.1 Å². The number of carbonyl (C=O) groups is 1. The number of rotatable bonds is 3. The average Bonchev–Trinajstić information content (AvgIpc) is 2.35. The van der Waals surface area contributed by atoms with Gasteiger partial charge in [0.1, 0.15) is 0 Å².